The van der Waals surface area contributed by atoms with E-state index in [1.54, 1.807) is 24.3 Å². The quantitative estimate of drug-likeness (QED) is 0.165. The molecule has 2 unspecified atom stereocenters. The molecule has 242 valence electrons. The minimum Gasteiger partial charge on any atom is -0.459 e. The van der Waals surface area contributed by atoms with Gasteiger partial charge in [0.15, 0.2) is 17.8 Å². The highest BCUT2D eigenvalue weighted by molar-refractivity contribution is 5.82. The summed E-state index contributed by atoms with van der Waals surface area (Å²) < 4.78 is 11.2. The van der Waals surface area contributed by atoms with Crippen LogP contribution in [0.25, 0.3) is 0 Å². The molecular weight excluding hydrogens is 566 g/mol. The highest BCUT2D eigenvalue weighted by Gasteiger charge is 2.48. The maximum Gasteiger partial charge on any atom is 0.344 e. The van der Waals surface area contributed by atoms with Gasteiger partial charge in [0.25, 0.3) is 0 Å². The monoisotopic (exact) mass is 615 g/mol. The summed E-state index contributed by atoms with van der Waals surface area (Å²) in [5.74, 6) is 4.31. The second-order valence-electron chi connectivity index (χ2n) is 12.5. The van der Waals surface area contributed by atoms with Gasteiger partial charge in [-0.3, -0.25) is 4.90 Å². The van der Waals surface area contributed by atoms with E-state index in [9.17, 15) is 19.8 Å². The normalized spacial score (nSPS) is 18.6. The van der Waals surface area contributed by atoms with Crippen molar-refractivity contribution in [1.29, 1.82) is 0 Å². The van der Waals surface area contributed by atoms with Crippen molar-refractivity contribution in [2.75, 3.05) is 32.8 Å². The Balaban J connectivity index is 1.28. The van der Waals surface area contributed by atoms with Crippen molar-refractivity contribution in [3.63, 3.8) is 0 Å². The Morgan fingerprint density at radius 2 is 1.24 bits per heavy atom. The molecule has 0 heterocycles. The number of ether oxygens (including phenoxy) is 2. The molecule has 0 saturated heterocycles. The number of aliphatic hydroxyl groups is 2. The van der Waals surface area contributed by atoms with Crippen LogP contribution in [0, 0.1) is 23.7 Å². The van der Waals surface area contributed by atoms with E-state index >= 15 is 0 Å². The molecule has 2 atom stereocenters. The number of nitrogens with zero attached hydrogens (tertiary/aromatic N) is 1. The van der Waals surface area contributed by atoms with Crippen LogP contribution in [0.15, 0.2) is 72.8 Å². The molecule has 2 fully saturated rings. The zero-order valence-corrected chi connectivity index (χ0v) is 26.7. The molecule has 2 aliphatic carbocycles. The van der Waals surface area contributed by atoms with E-state index in [0.717, 1.165) is 64.2 Å². The Morgan fingerprint density at radius 3 is 1.71 bits per heavy atom. The molecule has 45 heavy (non-hydrogen) atoms. The Labute approximate surface area is 268 Å². The Hall–Kier alpha value is -3.44. The van der Waals surface area contributed by atoms with Crippen LogP contribution in [0.1, 0.15) is 82.3 Å². The first-order valence-corrected chi connectivity index (χ1v) is 16.5. The van der Waals surface area contributed by atoms with Crippen molar-refractivity contribution in [2.24, 2.45) is 11.8 Å². The Morgan fingerprint density at radius 1 is 0.778 bits per heavy atom. The lowest BCUT2D eigenvalue weighted by Gasteiger charge is -2.36. The average molecular weight is 616 g/mol. The first-order chi connectivity index (χ1) is 21.8. The molecule has 4 rings (SSSR count). The van der Waals surface area contributed by atoms with Gasteiger partial charge in [-0.15, -0.1) is 0 Å². The molecule has 0 aromatic heterocycles. The second kappa shape index (κ2) is 16.7. The summed E-state index contributed by atoms with van der Waals surface area (Å²) >= 11 is 0. The molecule has 0 bridgehead atoms. The van der Waals surface area contributed by atoms with E-state index in [1.165, 1.54) is 0 Å². The van der Waals surface area contributed by atoms with E-state index in [0.29, 0.717) is 36.3 Å². The zero-order chi connectivity index (χ0) is 32.1. The fraction of sp³-hybridized carbons (Fsp3) is 0.526. The van der Waals surface area contributed by atoms with Crippen LogP contribution >= 0.6 is 0 Å². The third kappa shape index (κ3) is 8.64. The van der Waals surface area contributed by atoms with Gasteiger partial charge in [-0.2, -0.15) is 0 Å². The van der Waals surface area contributed by atoms with Crippen molar-refractivity contribution in [3.05, 3.63) is 83.9 Å². The maximum absolute atomic E-state index is 13.4. The van der Waals surface area contributed by atoms with Crippen LogP contribution < -0.4 is 0 Å². The van der Waals surface area contributed by atoms with E-state index in [4.69, 9.17) is 9.47 Å². The fourth-order valence-electron chi connectivity index (χ4n) is 6.82. The Kier molecular flexibility index (Phi) is 12.8. The molecule has 2 aromatic carbocycles. The van der Waals surface area contributed by atoms with Crippen LogP contribution in [0.3, 0.4) is 0 Å². The number of rotatable bonds is 13. The molecule has 0 radical (unpaired) electrons. The lowest BCUT2D eigenvalue weighted by molar-refractivity contribution is -0.175. The fourth-order valence-corrected chi connectivity index (χ4v) is 6.82. The smallest absolute Gasteiger partial charge is 0.344 e. The van der Waals surface area contributed by atoms with E-state index in [2.05, 4.69) is 18.4 Å². The molecule has 2 aliphatic rings. The summed E-state index contributed by atoms with van der Waals surface area (Å²) in [6.07, 6.45) is 9.29. The minimum absolute atomic E-state index is 0.00146. The largest absolute Gasteiger partial charge is 0.459 e. The molecule has 2 aromatic rings. The van der Waals surface area contributed by atoms with Crippen molar-refractivity contribution >= 4 is 11.9 Å². The van der Waals surface area contributed by atoms with E-state index < -0.39 is 23.1 Å². The number of hydrogen-bond acceptors (Lipinski definition) is 7. The van der Waals surface area contributed by atoms with Gasteiger partial charge in [0.1, 0.15) is 6.61 Å². The number of benzene rings is 2. The summed E-state index contributed by atoms with van der Waals surface area (Å²) in [5.41, 5.74) is -1.54. The molecule has 7 heteroatoms. The lowest BCUT2D eigenvalue weighted by Crippen LogP contribution is -2.45. The number of carbonyl (C=O) groups is 2. The zero-order valence-electron chi connectivity index (χ0n) is 26.7. The van der Waals surface area contributed by atoms with Gasteiger partial charge in [-0.1, -0.05) is 125 Å². The summed E-state index contributed by atoms with van der Waals surface area (Å²) in [6, 6.07) is 18.2. The summed E-state index contributed by atoms with van der Waals surface area (Å²) in [4.78, 5) is 28.6. The maximum atomic E-state index is 13.4. The highest BCUT2D eigenvalue weighted by atomic mass is 16.6. The van der Waals surface area contributed by atoms with Crippen molar-refractivity contribution in [3.8, 4) is 11.8 Å². The number of hydrogen-bond donors (Lipinski definition) is 2. The predicted octanol–water partition coefficient (Wildman–Crippen LogP) is 5.89. The predicted molar refractivity (Wildman–Crippen MR) is 175 cm³/mol. The van der Waals surface area contributed by atoms with Gasteiger partial charge in [0, 0.05) is 18.4 Å². The van der Waals surface area contributed by atoms with Crippen molar-refractivity contribution in [1.82, 2.24) is 4.90 Å². The highest BCUT2D eigenvalue weighted by Crippen LogP contribution is 2.41. The molecule has 2 saturated carbocycles. The summed E-state index contributed by atoms with van der Waals surface area (Å²) in [6.45, 7) is 7.54. The second-order valence-corrected chi connectivity index (χ2v) is 12.5. The Bertz CT molecular complexity index is 1310. The van der Waals surface area contributed by atoms with Gasteiger partial charge < -0.3 is 19.7 Å². The first kappa shape index (κ1) is 34.4. The summed E-state index contributed by atoms with van der Waals surface area (Å²) in [7, 11) is 0. The topological polar surface area (TPSA) is 96.3 Å². The summed E-state index contributed by atoms with van der Waals surface area (Å²) in [5, 5.41) is 23.4. The van der Waals surface area contributed by atoms with Crippen LogP contribution in [-0.4, -0.2) is 59.9 Å². The minimum atomic E-state index is -1.68. The van der Waals surface area contributed by atoms with Gasteiger partial charge >= 0.3 is 11.9 Å². The molecule has 7 nitrogen and oxygen atoms in total. The van der Waals surface area contributed by atoms with Gasteiger partial charge in [0.2, 0.25) is 0 Å². The van der Waals surface area contributed by atoms with Crippen molar-refractivity contribution in [2.45, 2.75) is 82.3 Å². The van der Waals surface area contributed by atoms with Gasteiger partial charge in [0.05, 0.1) is 6.54 Å². The molecule has 0 spiro atoms. The average Bonchev–Trinajstić information content (AvgIpc) is 3.10. The van der Waals surface area contributed by atoms with Crippen LogP contribution in [0.2, 0.25) is 0 Å². The van der Waals surface area contributed by atoms with Crippen LogP contribution in [-0.2, 0) is 30.3 Å². The van der Waals surface area contributed by atoms with E-state index in [1.807, 2.05) is 48.2 Å². The molecular formula is C38H49NO6. The number of esters is 2. The van der Waals surface area contributed by atoms with Crippen molar-refractivity contribution < 1.29 is 29.3 Å². The molecule has 2 N–H and O–H groups in total. The third-order valence-corrected chi connectivity index (χ3v) is 9.45. The van der Waals surface area contributed by atoms with Gasteiger partial charge in [-0.25, -0.2) is 9.59 Å². The van der Waals surface area contributed by atoms with Gasteiger partial charge in [-0.05, 0) is 48.9 Å². The molecule has 0 aliphatic heterocycles. The number of likely N-dealkylation sites (N-methyl/N-ethyl adjacent to an activating group) is 1. The third-order valence-electron chi connectivity index (χ3n) is 9.45. The SMILES string of the molecule is C=C(COC(=O)C(O)(c1ccccc1)C1CCCCC1)CN(CC)CC#CCOC(=O)C(O)(c1ccccc1)C1CCCCC1. The van der Waals surface area contributed by atoms with E-state index in [-0.39, 0.29) is 25.0 Å². The first-order valence-electron chi connectivity index (χ1n) is 16.5. The standard InChI is InChI=1S/C38H49NO6/c1-3-39(26-16-17-27-44-35(40)37(42,31-18-8-4-9-19-31)32-20-10-5-11-21-32)28-30(2)29-45-36(41)38(43,33-22-12-6-13-23-33)34-24-14-7-15-25-34/h4,6,8-9,12-13,18-19,22-23,32,34,42-43H,2-3,5,7,10-11,14-15,20-21,24-29H2,1H3. The van der Waals surface area contributed by atoms with Crippen LogP contribution in [0.4, 0.5) is 0 Å². The number of carbonyl (C=O) groups excluding carboxylic acids is 2. The van der Waals surface area contributed by atoms with Crippen LogP contribution in [0.5, 0.6) is 0 Å². The lowest BCUT2D eigenvalue weighted by atomic mass is 9.73. The molecule has 0 amide bonds.